The average Bonchev–Trinajstić information content (AvgIpc) is 2.95. The fraction of sp³-hybridized carbons (Fsp3) is 0.0556. The number of ether oxygens (including phenoxy) is 1. The first-order chi connectivity index (χ1) is 12.9. The molecule has 2 aromatic carbocycles. The van der Waals surface area contributed by atoms with Crippen LogP contribution >= 0.6 is 27.7 Å². The summed E-state index contributed by atoms with van der Waals surface area (Å²) in [5.41, 5.74) is 1.26. The van der Waals surface area contributed by atoms with Crippen LogP contribution in [0.25, 0.3) is 6.08 Å². The molecule has 0 spiro atoms. The second-order valence-electron chi connectivity index (χ2n) is 5.33. The number of rotatable bonds is 5. The van der Waals surface area contributed by atoms with Gasteiger partial charge in [-0.2, -0.15) is 0 Å². The molecule has 0 aromatic heterocycles. The Balaban J connectivity index is 1.75. The summed E-state index contributed by atoms with van der Waals surface area (Å²) in [5, 5.41) is 11.7. The number of hydrogen-bond acceptors (Lipinski definition) is 5. The molecular formula is C18H12BrFN2O4S. The summed E-state index contributed by atoms with van der Waals surface area (Å²) in [7, 11) is 0. The third-order valence-electron chi connectivity index (χ3n) is 3.31. The van der Waals surface area contributed by atoms with Gasteiger partial charge in [0.2, 0.25) is 0 Å². The molecule has 3 rings (SSSR count). The number of aliphatic carboxylic acids is 1. The lowest BCUT2D eigenvalue weighted by Crippen LogP contribution is -2.19. The predicted molar refractivity (Wildman–Crippen MR) is 104 cm³/mol. The maximum atomic E-state index is 12.9. The summed E-state index contributed by atoms with van der Waals surface area (Å²) < 4.78 is 18.7. The Bertz CT molecular complexity index is 960. The molecule has 0 radical (unpaired) electrons. The lowest BCUT2D eigenvalue weighted by atomic mass is 10.2. The molecule has 2 N–H and O–H groups in total. The lowest BCUT2D eigenvalue weighted by Gasteiger charge is -2.06. The number of carboxylic acids is 1. The van der Waals surface area contributed by atoms with Crippen LogP contribution in [0, 0.1) is 5.82 Å². The molecule has 0 bridgehead atoms. The molecule has 1 amide bonds. The number of carboxylic acid groups (broad SMARTS) is 1. The smallest absolute Gasteiger partial charge is 0.341 e. The lowest BCUT2D eigenvalue weighted by molar-refractivity contribution is -0.139. The number of nitrogens with one attached hydrogen (secondary N) is 1. The Hall–Kier alpha value is -2.65. The minimum Gasteiger partial charge on any atom is -0.481 e. The highest BCUT2D eigenvalue weighted by Gasteiger charge is 2.23. The highest BCUT2D eigenvalue weighted by molar-refractivity contribution is 9.10. The van der Waals surface area contributed by atoms with Gasteiger partial charge in [0.05, 0.1) is 15.1 Å². The summed E-state index contributed by atoms with van der Waals surface area (Å²) in [6.07, 6.45) is 1.68. The van der Waals surface area contributed by atoms with E-state index in [1.54, 1.807) is 24.3 Å². The van der Waals surface area contributed by atoms with Gasteiger partial charge in [-0.15, -0.1) is 0 Å². The third-order valence-corrected chi connectivity index (χ3v) is 4.84. The van der Waals surface area contributed by atoms with E-state index < -0.39 is 12.6 Å². The summed E-state index contributed by atoms with van der Waals surface area (Å²) >= 11 is 4.48. The van der Waals surface area contributed by atoms with Gasteiger partial charge in [-0.1, -0.05) is 6.07 Å². The Morgan fingerprint density at radius 3 is 2.70 bits per heavy atom. The van der Waals surface area contributed by atoms with Gasteiger partial charge < -0.3 is 15.2 Å². The van der Waals surface area contributed by atoms with Crippen LogP contribution in [-0.2, 0) is 9.59 Å². The number of carbonyl (C=O) groups excluding carboxylic acids is 1. The molecule has 0 aliphatic carbocycles. The van der Waals surface area contributed by atoms with Crippen molar-refractivity contribution in [3.8, 4) is 5.75 Å². The monoisotopic (exact) mass is 450 g/mol. The summed E-state index contributed by atoms with van der Waals surface area (Å²) in [5.74, 6) is -1.33. The maximum Gasteiger partial charge on any atom is 0.341 e. The first-order valence-corrected chi connectivity index (χ1v) is 9.21. The Labute approximate surface area is 166 Å². The molecule has 9 heteroatoms. The van der Waals surface area contributed by atoms with Crippen molar-refractivity contribution in [2.75, 3.05) is 6.61 Å². The van der Waals surface area contributed by atoms with Crippen LogP contribution in [-0.4, -0.2) is 28.8 Å². The number of amidine groups is 1. The Morgan fingerprint density at radius 1 is 1.30 bits per heavy atom. The van der Waals surface area contributed by atoms with Crippen LogP contribution in [0.3, 0.4) is 0 Å². The van der Waals surface area contributed by atoms with Crippen molar-refractivity contribution in [1.82, 2.24) is 5.32 Å². The number of halogens is 2. The minimum absolute atomic E-state index is 0.289. The van der Waals surface area contributed by atoms with Crippen LogP contribution in [0.5, 0.6) is 5.75 Å². The van der Waals surface area contributed by atoms with E-state index in [0.29, 0.717) is 26.0 Å². The van der Waals surface area contributed by atoms with E-state index in [-0.39, 0.29) is 11.7 Å². The molecule has 1 aliphatic heterocycles. The highest BCUT2D eigenvalue weighted by Crippen LogP contribution is 2.31. The van der Waals surface area contributed by atoms with Crippen molar-refractivity contribution in [3.05, 3.63) is 63.2 Å². The number of hydrogen-bond donors (Lipinski definition) is 2. The molecule has 0 unspecified atom stereocenters. The normalized spacial score (nSPS) is 16.6. The molecule has 1 fully saturated rings. The number of amides is 1. The van der Waals surface area contributed by atoms with Gasteiger partial charge in [-0.3, -0.25) is 4.79 Å². The van der Waals surface area contributed by atoms with Crippen LogP contribution < -0.4 is 10.1 Å². The van der Waals surface area contributed by atoms with Gasteiger partial charge in [0.25, 0.3) is 5.91 Å². The van der Waals surface area contributed by atoms with E-state index in [0.717, 1.165) is 5.56 Å². The maximum absolute atomic E-state index is 12.9. The number of carbonyl (C=O) groups is 2. The van der Waals surface area contributed by atoms with Crippen LogP contribution in [0.15, 0.2) is 56.8 Å². The number of thioether (sulfide) groups is 1. The number of nitrogens with zero attached hydrogens (tertiary/aromatic N) is 1. The molecule has 6 nitrogen and oxygen atoms in total. The molecule has 1 aliphatic rings. The van der Waals surface area contributed by atoms with Gasteiger partial charge >= 0.3 is 5.97 Å². The van der Waals surface area contributed by atoms with Crippen LogP contribution in [0.4, 0.5) is 10.1 Å². The summed E-state index contributed by atoms with van der Waals surface area (Å²) in [6, 6.07) is 10.7. The van der Waals surface area contributed by atoms with Gasteiger partial charge in [-0.25, -0.2) is 14.2 Å². The van der Waals surface area contributed by atoms with E-state index in [9.17, 15) is 14.0 Å². The quantitative estimate of drug-likeness (QED) is 0.673. The molecule has 0 atom stereocenters. The van der Waals surface area contributed by atoms with Gasteiger partial charge in [0.15, 0.2) is 11.8 Å². The zero-order chi connectivity index (χ0) is 19.4. The van der Waals surface area contributed by atoms with E-state index in [4.69, 9.17) is 9.84 Å². The molecular weight excluding hydrogens is 439 g/mol. The zero-order valence-corrected chi connectivity index (χ0v) is 16.0. The topological polar surface area (TPSA) is 88.0 Å². The molecule has 0 saturated carbocycles. The van der Waals surface area contributed by atoms with Crippen molar-refractivity contribution in [3.63, 3.8) is 0 Å². The van der Waals surface area contributed by atoms with Crippen molar-refractivity contribution >= 4 is 56.5 Å². The minimum atomic E-state index is -1.07. The molecule has 1 heterocycles. The second-order valence-corrected chi connectivity index (χ2v) is 7.22. The van der Waals surface area contributed by atoms with Crippen molar-refractivity contribution in [2.24, 2.45) is 4.99 Å². The van der Waals surface area contributed by atoms with Crippen LogP contribution in [0.1, 0.15) is 5.56 Å². The standard InChI is InChI=1S/C18H12BrFN2O4S/c19-13-7-10(1-6-14(13)26-9-16(23)24)8-15-17(25)22-18(27-15)21-12-4-2-11(20)3-5-12/h1-8H,9H2,(H,23,24)(H,21,22,25)/b15-8+. The zero-order valence-electron chi connectivity index (χ0n) is 13.6. The second kappa shape index (κ2) is 8.36. The fourth-order valence-electron chi connectivity index (χ4n) is 2.13. The van der Waals surface area contributed by atoms with E-state index in [1.165, 1.54) is 36.0 Å². The first-order valence-electron chi connectivity index (χ1n) is 7.60. The molecule has 27 heavy (non-hydrogen) atoms. The van der Waals surface area contributed by atoms with Gasteiger partial charge in [0, 0.05) is 0 Å². The van der Waals surface area contributed by atoms with Crippen molar-refractivity contribution in [1.29, 1.82) is 0 Å². The van der Waals surface area contributed by atoms with Crippen molar-refractivity contribution < 1.29 is 23.8 Å². The Morgan fingerprint density at radius 2 is 2.04 bits per heavy atom. The van der Waals surface area contributed by atoms with E-state index in [1.807, 2.05) is 0 Å². The largest absolute Gasteiger partial charge is 0.481 e. The number of aliphatic imine (C=N–C) groups is 1. The Kier molecular flexibility index (Phi) is 5.92. The highest BCUT2D eigenvalue weighted by atomic mass is 79.9. The summed E-state index contributed by atoms with van der Waals surface area (Å²) in [6.45, 7) is -0.444. The van der Waals surface area contributed by atoms with Crippen LogP contribution in [0.2, 0.25) is 0 Å². The first kappa shape index (κ1) is 19.1. The van der Waals surface area contributed by atoms with Crippen molar-refractivity contribution in [2.45, 2.75) is 0 Å². The predicted octanol–water partition coefficient (Wildman–Crippen LogP) is 3.94. The van der Waals surface area contributed by atoms with Gasteiger partial charge in [-0.05, 0) is 75.7 Å². The van der Waals surface area contributed by atoms with Gasteiger partial charge in [0.1, 0.15) is 11.6 Å². The molecule has 138 valence electrons. The number of benzene rings is 2. The SMILES string of the molecule is O=C(O)COc1ccc(/C=C2/SC(=Nc3ccc(F)cc3)NC2=O)cc1Br. The third kappa shape index (κ3) is 5.18. The average molecular weight is 451 g/mol. The molecule has 2 aromatic rings. The summed E-state index contributed by atoms with van der Waals surface area (Å²) in [4.78, 5) is 27.4. The fourth-order valence-corrected chi connectivity index (χ4v) is 3.48. The van der Waals surface area contributed by atoms with E-state index >= 15 is 0 Å². The molecule has 1 saturated heterocycles. The van der Waals surface area contributed by atoms with E-state index in [2.05, 4.69) is 26.2 Å².